The number of benzene rings is 1. The summed E-state index contributed by atoms with van der Waals surface area (Å²) in [5.41, 5.74) is 1.69. The molecule has 1 N–H and O–H groups in total. The summed E-state index contributed by atoms with van der Waals surface area (Å²) < 4.78 is 12.6. The van der Waals surface area contributed by atoms with Gasteiger partial charge in [-0.2, -0.15) is 0 Å². The topological polar surface area (TPSA) is 81.9 Å². The highest BCUT2D eigenvalue weighted by molar-refractivity contribution is 6.32. The Bertz CT molecular complexity index is 1130. The molecule has 0 spiro atoms. The van der Waals surface area contributed by atoms with Gasteiger partial charge in [0.05, 0.1) is 18.2 Å². The van der Waals surface area contributed by atoms with E-state index in [4.69, 9.17) is 21.1 Å². The number of ether oxygens (including phenoxy) is 2. The predicted molar refractivity (Wildman–Crippen MR) is 104 cm³/mol. The van der Waals surface area contributed by atoms with Gasteiger partial charge in [0.15, 0.2) is 11.5 Å². The Kier molecular flexibility index (Phi) is 4.92. The van der Waals surface area contributed by atoms with E-state index >= 15 is 0 Å². The number of carbonyl (C=O) groups excluding carboxylic acids is 1. The Hall–Kier alpha value is -3.06. The number of aryl methyl sites for hydroxylation is 1. The van der Waals surface area contributed by atoms with Crippen LogP contribution in [0.4, 0.5) is 0 Å². The van der Waals surface area contributed by atoms with E-state index in [0.29, 0.717) is 35.4 Å². The van der Waals surface area contributed by atoms with Gasteiger partial charge in [0.25, 0.3) is 11.5 Å². The molecule has 0 fully saturated rings. The molecule has 28 heavy (non-hydrogen) atoms. The number of fused-ring (bicyclic) bond motifs is 2. The van der Waals surface area contributed by atoms with Crippen molar-refractivity contribution >= 4 is 23.2 Å². The van der Waals surface area contributed by atoms with E-state index in [-0.39, 0.29) is 12.1 Å². The SMILES string of the molecule is Cc1ccc2ncc(C(=O)NCc3cc(Cl)c4c(c3)OCCCO4)c(=O)n2c1. The summed E-state index contributed by atoms with van der Waals surface area (Å²) in [6.07, 6.45) is 3.73. The van der Waals surface area contributed by atoms with E-state index in [1.807, 2.05) is 13.0 Å². The molecule has 144 valence electrons. The fourth-order valence-corrected chi connectivity index (χ4v) is 3.29. The number of amides is 1. The molecule has 1 aromatic carbocycles. The molecule has 3 heterocycles. The van der Waals surface area contributed by atoms with Crippen LogP contribution in [-0.2, 0) is 6.54 Å². The maximum absolute atomic E-state index is 12.6. The van der Waals surface area contributed by atoms with Gasteiger partial charge in [0.1, 0.15) is 11.2 Å². The third kappa shape index (κ3) is 3.53. The Morgan fingerprint density at radius 1 is 1.29 bits per heavy atom. The van der Waals surface area contributed by atoms with Gasteiger partial charge in [-0.25, -0.2) is 4.98 Å². The van der Waals surface area contributed by atoms with Gasteiger partial charge in [-0.1, -0.05) is 17.7 Å². The minimum atomic E-state index is -0.503. The van der Waals surface area contributed by atoms with Crippen LogP contribution in [0, 0.1) is 6.92 Å². The zero-order valence-electron chi connectivity index (χ0n) is 15.2. The van der Waals surface area contributed by atoms with Gasteiger partial charge in [-0.05, 0) is 36.2 Å². The maximum Gasteiger partial charge on any atom is 0.270 e. The lowest BCUT2D eigenvalue weighted by molar-refractivity contribution is 0.0949. The first-order valence-corrected chi connectivity index (χ1v) is 9.25. The number of carbonyl (C=O) groups is 1. The summed E-state index contributed by atoms with van der Waals surface area (Å²) in [7, 11) is 0. The summed E-state index contributed by atoms with van der Waals surface area (Å²) >= 11 is 6.28. The minimum absolute atomic E-state index is 0.0245. The van der Waals surface area contributed by atoms with E-state index in [1.54, 1.807) is 24.4 Å². The third-order valence-electron chi connectivity index (χ3n) is 4.41. The fourth-order valence-electron chi connectivity index (χ4n) is 3.00. The number of halogens is 1. The lowest BCUT2D eigenvalue weighted by atomic mass is 10.2. The Labute approximate surface area is 165 Å². The number of nitrogens with zero attached hydrogens (tertiary/aromatic N) is 2. The molecule has 0 bridgehead atoms. The molecule has 1 aliphatic heterocycles. The molecule has 0 radical (unpaired) electrons. The van der Waals surface area contributed by atoms with Crippen molar-refractivity contribution in [1.82, 2.24) is 14.7 Å². The van der Waals surface area contributed by atoms with Gasteiger partial charge < -0.3 is 14.8 Å². The van der Waals surface area contributed by atoms with Crippen LogP contribution in [0.25, 0.3) is 5.65 Å². The van der Waals surface area contributed by atoms with Gasteiger partial charge in [-0.3, -0.25) is 14.0 Å². The number of rotatable bonds is 3. The van der Waals surface area contributed by atoms with E-state index in [1.165, 1.54) is 10.6 Å². The fraction of sp³-hybridized carbons (Fsp3) is 0.250. The highest BCUT2D eigenvalue weighted by Gasteiger charge is 2.17. The molecule has 0 aliphatic carbocycles. The zero-order chi connectivity index (χ0) is 19.7. The summed E-state index contributed by atoms with van der Waals surface area (Å²) in [6.45, 7) is 3.14. The number of hydrogen-bond acceptors (Lipinski definition) is 5. The third-order valence-corrected chi connectivity index (χ3v) is 4.69. The molecule has 3 aromatic rings. The highest BCUT2D eigenvalue weighted by Crippen LogP contribution is 2.37. The van der Waals surface area contributed by atoms with E-state index in [9.17, 15) is 9.59 Å². The van der Waals surface area contributed by atoms with Crippen molar-refractivity contribution in [3.63, 3.8) is 0 Å². The van der Waals surface area contributed by atoms with Crippen LogP contribution in [0.15, 0.2) is 41.5 Å². The van der Waals surface area contributed by atoms with Crippen molar-refractivity contribution in [3.8, 4) is 11.5 Å². The number of aromatic nitrogens is 2. The molecule has 1 amide bonds. The monoisotopic (exact) mass is 399 g/mol. The molecule has 4 rings (SSSR count). The van der Waals surface area contributed by atoms with Crippen LogP contribution in [0.2, 0.25) is 5.02 Å². The standard InChI is InChI=1S/C20H18ClN3O4/c1-12-3-4-17-22-10-14(20(26)24(17)11-12)19(25)23-9-13-7-15(21)18-16(8-13)27-5-2-6-28-18/h3-4,7-8,10-11H,2,5-6,9H2,1H3,(H,23,25). The summed E-state index contributed by atoms with van der Waals surface area (Å²) in [6, 6.07) is 7.08. The molecule has 7 nitrogen and oxygen atoms in total. The normalized spacial score (nSPS) is 13.2. The Balaban J connectivity index is 1.56. The Morgan fingerprint density at radius 2 is 2.11 bits per heavy atom. The largest absolute Gasteiger partial charge is 0.489 e. The number of hydrogen-bond donors (Lipinski definition) is 1. The van der Waals surface area contributed by atoms with E-state index in [2.05, 4.69) is 10.3 Å². The van der Waals surface area contributed by atoms with Crippen LogP contribution >= 0.6 is 11.6 Å². The minimum Gasteiger partial charge on any atom is -0.489 e. The maximum atomic E-state index is 12.6. The second-order valence-electron chi connectivity index (χ2n) is 6.55. The first-order valence-electron chi connectivity index (χ1n) is 8.87. The second kappa shape index (κ2) is 7.52. The first kappa shape index (κ1) is 18.3. The smallest absolute Gasteiger partial charge is 0.270 e. The first-order chi connectivity index (χ1) is 13.5. The van der Waals surface area contributed by atoms with Gasteiger partial charge in [-0.15, -0.1) is 0 Å². The molecule has 0 unspecified atom stereocenters. The molecule has 8 heteroatoms. The lowest BCUT2D eigenvalue weighted by Gasteiger charge is -2.12. The summed E-state index contributed by atoms with van der Waals surface area (Å²) in [4.78, 5) is 29.4. The van der Waals surface area contributed by atoms with E-state index in [0.717, 1.165) is 17.5 Å². The highest BCUT2D eigenvalue weighted by atomic mass is 35.5. The van der Waals surface area contributed by atoms with Gasteiger partial charge >= 0.3 is 0 Å². The quantitative estimate of drug-likeness (QED) is 0.732. The molecule has 1 aliphatic rings. The molecular weight excluding hydrogens is 382 g/mol. The lowest BCUT2D eigenvalue weighted by Crippen LogP contribution is -2.31. The average Bonchev–Trinajstić information content (AvgIpc) is 2.93. The molecule has 0 atom stereocenters. The summed E-state index contributed by atoms with van der Waals surface area (Å²) in [5.74, 6) is 0.565. The molecule has 0 saturated heterocycles. The van der Waals surface area contributed by atoms with Crippen molar-refractivity contribution in [2.24, 2.45) is 0 Å². The van der Waals surface area contributed by atoms with Crippen molar-refractivity contribution < 1.29 is 14.3 Å². The second-order valence-corrected chi connectivity index (χ2v) is 6.96. The van der Waals surface area contributed by atoms with Crippen molar-refractivity contribution in [1.29, 1.82) is 0 Å². The van der Waals surface area contributed by atoms with Crippen molar-refractivity contribution in [3.05, 3.63) is 68.7 Å². The molecular formula is C20H18ClN3O4. The van der Waals surface area contributed by atoms with E-state index < -0.39 is 11.5 Å². The van der Waals surface area contributed by atoms with Crippen LogP contribution in [0.5, 0.6) is 11.5 Å². The predicted octanol–water partition coefficient (Wildman–Crippen LogP) is 2.75. The van der Waals surface area contributed by atoms with Crippen LogP contribution in [-0.4, -0.2) is 28.5 Å². The molecule has 0 saturated carbocycles. The zero-order valence-corrected chi connectivity index (χ0v) is 16.0. The summed E-state index contributed by atoms with van der Waals surface area (Å²) in [5, 5.41) is 3.16. The number of pyridine rings is 1. The van der Waals surface area contributed by atoms with Crippen LogP contribution in [0.1, 0.15) is 27.9 Å². The van der Waals surface area contributed by atoms with Gasteiger partial charge in [0.2, 0.25) is 0 Å². The van der Waals surface area contributed by atoms with Crippen molar-refractivity contribution in [2.75, 3.05) is 13.2 Å². The number of nitrogens with one attached hydrogen (secondary N) is 1. The molecule has 2 aromatic heterocycles. The van der Waals surface area contributed by atoms with Gasteiger partial charge in [0, 0.05) is 25.4 Å². The average molecular weight is 400 g/mol. The van der Waals surface area contributed by atoms with Crippen LogP contribution < -0.4 is 20.3 Å². The van der Waals surface area contributed by atoms with Crippen molar-refractivity contribution in [2.45, 2.75) is 19.9 Å². The Morgan fingerprint density at radius 3 is 2.96 bits per heavy atom. The van der Waals surface area contributed by atoms with Crippen LogP contribution in [0.3, 0.4) is 0 Å².